The van der Waals surface area contributed by atoms with E-state index >= 15 is 0 Å². The average molecular weight is 290 g/mol. The maximum atomic E-state index is 13.6. The van der Waals surface area contributed by atoms with E-state index in [1.54, 1.807) is 13.1 Å². The van der Waals surface area contributed by atoms with Gasteiger partial charge in [-0.15, -0.1) is 0 Å². The molecular weight excluding hydrogens is 271 g/mol. The molecule has 1 aliphatic heterocycles. The Labute approximate surface area is 124 Å². The highest BCUT2D eigenvalue weighted by atomic mass is 19.1. The minimum Gasteiger partial charge on any atom is -0.384 e. The lowest BCUT2D eigenvalue weighted by atomic mass is 10.1. The Hall–Kier alpha value is -1.90. The zero-order valence-corrected chi connectivity index (χ0v) is 12.0. The zero-order valence-electron chi connectivity index (χ0n) is 12.0. The van der Waals surface area contributed by atoms with E-state index in [-0.39, 0.29) is 24.4 Å². The Bertz CT molecular complexity index is 577. The first kappa shape index (κ1) is 15.5. The van der Waals surface area contributed by atoms with Gasteiger partial charge in [-0.25, -0.2) is 4.39 Å². The molecule has 0 aromatic heterocycles. The average Bonchev–Trinajstić information content (AvgIpc) is 2.91. The number of amides is 1. The van der Waals surface area contributed by atoms with Crippen LogP contribution in [0.3, 0.4) is 0 Å². The smallest absolute Gasteiger partial charge is 0.237 e. The Kier molecular flexibility index (Phi) is 5.32. The molecule has 0 radical (unpaired) electrons. The molecule has 1 aromatic carbocycles. The normalized spacial score (nSPS) is 18.1. The summed E-state index contributed by atoms with van der Waals surface area (Å²) < 4.78 is 13.6. The van der Waals surface area contributed by atoms with Crippen molar-refractivity contribution < 1.29 is 14.3 Å². The van der Waals surface area contributed by atoms with Gasteiger partial charge < -0.3 is 10.4 Å². The van der Waals surface area contributed by atoms with Gasteiger partial charge in [0.1, 0.15) is 12.4 Å². The Morgan fingerprint density at radius 2 is 2.33 bits per heavy atom. The van der Waals surface area contributed by atoms with Crippen LogP contribution in [0.2, 0.25) is 0 Å². The molecule has 2 N–H and O–H groups in total. The van der Waals surface area contributed by atoms with Crippen molar-refractivity contribution in [1.82, 2.24) is 10.2 Å². The molecule has 0 saturated carbocycles. The van der Waals surface area contributed by atoms with E-state index in [1.165, 1.54) is 12.1 Å². The Morgan fingerprint density at radius 3 is 3.05 bits per heavy atom. The maximum Gasteiger partial charge on any atom is 0.237 e. The first-order valence-corrected chi connectivity index (χ1v) is 6.99. The monoisotopic (exact) mass is 290 g/mol. The van der Waals surface area contributed by atoms with E-state index in [0.29, 0.717) is 12.1 Å². The van der Waals surface area contributed by atoms with Gasteiger partial charge in [0.2, 0.25) is 5.91 Å². The molecule has 4 nitrogen and oxygen atoms in total. The third-order valence-corrected chi connectivity index (χ3v) is 3.57. The highest BCUT2D eigenvalue weighted by Crippen LogP contribution is 2.21. The number of hydrogen-bond acceptors (Lipinski definition) is 3. The van der Waals surface area contributed by atoms with Gasteiger partial charge in [-0.1, -0.05) is 11.8 Å². The third kappa shape index (κ3) is 4.03. The van der Waals surface area contributed by atoms with Gasteiger partial charge in [-0.3, -0.25) is 9.69 Å². The number of carbonyl (C=O) groups is 1. The fraction of sp³-hybridized carbons (Fsp3) is 0.438. The van der Waals surface area contributed by atoms with E-state index in [2.05, 4.69) is 22.1 Å². The van der Waals surface area contributed by atoms with Crippen molar-refractivity contribution in [3.63, 3.8) is 0 Å². The van der Waals surface area contributed by atoms with Crippen molar-refractivity contribution in [3.8, 4) is 11.8 Å². The van der Waals surface area contributed by atoms with Crippen LogP contribution in [0, 0.1) is 17.7 Å². The number of nitrogens with zero attached hydrogens (tertiary/aromatic N) is 1. The number of hydrogen-bond donors (Lipinski definition) is 2. The number of rotatable bonds is 3. The lowest BCUT2D eigenvalue weighted by Gasteiger charge is -2.23. The molecule has 1 unspecified atom stereocenters. The molecule has 1 heterocycles. The van der Waals surface area contributed by atoms with Gasteiger partial charge in [-0.2, -0.15) is 0 Å². The van der Waals surface area contributed by atoms with Crippen molar-refractivity contribution in [3.05, 3.63) is 35.1 Å². The number of aliphatic hydroxyl groups excluding tert-OH is 1. The van der Waals surface area contributed by atoms with Crippen molar-refractivity contribution in [2.45, 2.75) is 25.4 Å². The number of benzene rings is 1. The molecular formula is C16H19FN2O2. The fourth-order valence-corrected chi connectivity index (χ4v) is 2.67. The summed E-state index contributed by atoms with van der Waals surface area (Å²) in [5.41, 5.74) is 1.32. The third-order valence-electron chi connectivity index (χ3n) is 3.57. The number of likely N-dealkylation sites (tertiary alicyclic amines) is 1. The van der Waals surface area contributed by atoms with Gasteiger partial charge >= 0.3 is 0 Å². The van der Waals surface area contributed by atoms with Crippen LogP contribution in [-0.2, 0) is 11.3 Å². The van der Waals surface area contributed by atoms with Crippen LogP contribution in [0.5, 0.6) is 0 Å². The molecule has 1 saturated heterocycles. The van der Waals surface area contributed by atoms with Crippen LogP contribution in [0.25, 0.3) is 0 Å². The predicted molar refractivity (Wildman–Crippen MR) is 77.9 cm³/mol. The summed E-state index contributed by atoms with van der Waals surface area (Å²) in [4.78, 5) is 13.9. The summed E-state index contributed by atoms with van der Waals surface area (Å²) in [6.07, 6.45) is 1.79. The van der Waals surface area contributed by atoms with Crippen LogP contribution in [0.1, 0.15) is 24.0 Å². The first-order valence-electron chi connectivity index (χ1n) is 6.99. The van der Waals surface area contributed by atoms with Gasteiger partial charge in [0.15, 0.2) is 0 Å². The van der Waals surface area contributed by atoms with Crippen LogP contribution in [0.4, 0.5) is 4.39 Å². The quantitative estimate of drug-likeness (QED) is 0.813. The van der Waals surface area contributed by atoms with Crippen molar-refractivity contribution >= 4 is 5.91 Å². The molecule has 1 amide bonds. The van der Waals surface area contributed by atoms with Gasteiger partial charge in [0, 0.05) is 19.2 Å². The molecule has 1 fully saturated rings. The van der Waals surface area contributed by atoms with Gasteiger partial charge in [0.25, 0.3) is 0 Å². The van der Waals surface area contributed by atoms with Crippen LogP contribution in [-0.4, -0.2) is 42.2 Å². The second-order valence-corrected chi connectivity index (χ2v) is 5.05. The summed E-state index contributed by atoms with van der Waals surface area (Å²) in [7, 11) is 1.63. The summed E-state index contributed by atoms with van der Waals surface area (Å²) >= 11 is 0. The fourth-order valence-electron chi connectivity index (χ4n) is 2.67. The minimum atomic E-state index is -0.356. The van der Waals surface area contributed by atoms with Gasteiger partial charge in [-0.05, 0) is 43.1 Å². The van der Waals surface area contributed by atoms with Crippen molar-refractivity contribution in [2.24, 2.45) is 0 Å². The number of aliphatic hydroxyl groups is 1. The molecule has 1 atom stereocenters. The molecule has 5 heteroatoms. The molecule has 2 rings (SSSR count). The SMILES string of the molecule is CNC(=O)C1CCCN1Cc1cc(F)cc(C#CCO)c1. The van der Waals surface area contributed by atoms with Gasteiger partial charge in [0.05, 0.1) is 6.04 Å². The summed E-state index contributed by atoms with van der Waals surface area (Å²) in [5.74, 6) is 4.87. The summed E-state index contributed by atoms with van der Waals surface area (Å²) in [6.45, 7) is 1.09. The molecule has 1 aliphatic rings. The van der Waals surface area contributed by atoms with E-state index in [0.717, 1.165) is 24.9 Å². The molecule has 0 spiro atoms. The van der Waals surface area contributed by atoms with E-state index < -0.39 is 0 Å². The number of nitrogens with one attached hydrogen (secondary N) is 1. The Balaban J connectivity index is 2.15. The number of carbonyl (C=O) groups excluding carboxylic acids is 1. The predicted octanol–water partition coefficient (Wildman–Crippen LogP) is 0.880. The molecule has 21 heavy (non-hydrogen) atoms. The highest BCUT2D eigenvalue weighted by molar-refractivity contribution is 5.81. The standard InChI is InChI=1S/C16H19FN2O2/c1-18-16(21)15-5-2-6-19(15)11-13-8-12(4-3-7-20)9-14(17)10-13/h8-10,15,20H,2,5-7,11H2,1H3,(H,18,21). The summed E-state index contributed by atoms with van der Waals surface area (Å²) in [5, 5.41) is 11.4. The van der Waals surface area contributed by atoms with Crippen LogP contribution < -0.4 is 5.32 Å². The van der Waals surface area contributed by atoms with E-state index in [1.807, 2.05) is 0 Å². The molecule has 112 valence electrons. The highest BCUT2D eigenvalue weighted by Gasteiger charge is 2.29. The van der Waals surface area contributed by atoms with Crippen molar-refractivity contribution in [2.75, 3.05) is 20.2 Å². The topological polar surface area (TPSA) is 52.6 Å². The van der Waals surface area contributed by atoms with Crippen molar-refractivity contribution in [1.29, 1.82) is 0 Å². The maximum absolute atomic E-state index is 13.6. The number of halogens is 1. The van der Waals surface area contributed by atoms with Crippen LogP contribution in [0.15, 0.2) is 18.2 Å². The molecule has 1 aromatic rings. The second kappa shape index (κ2) is 7.21. The van der Waals surface area contributed by atoms with E-state index in [9.17, 15) is 9.18 Å². The van der Waals surface area contributed by atoms with Crippen LogP contribution >= 0.6 is 0 Å². The molecule has 0 bridgehead atoms. The summed E-state index contributed by atoms with van der Waals surface area (Å²) in [6, 6.07) is 4.45. The Morgan fingerprint density at radius 1 is 1.52 bits per heavy atom. The number of likely N-dealkylation sites (N-methyl/N-ethyl adjacent to an activating group) is 1. The molecule has 0 aliphatic carbocycles. The second-order valence-electron chi connectivity index (χ2n) is 5.05. The largest absolute Gasteiger partial charge is 0.384 e. The minimum absolute atomic E-state index is 0.00389. The van der Waals surface area contributed by atoms with E-state index in [4.69, 9.17) is 5.11 Å². The zero-order chi connectivity index (χ0) is 15.2. The first-order chi connectivity index (χ1) is 10.1. The lowest BCUT2D eigenvalue weighted by molar-refractivity contribution is -0.125. The lowest BCUT2D eigenvalue weighted by Crippen LogP contribution is -2.41.